The Morgan fingerprint density at radius 2 is 2.25 bits per heavy atom. The highest BCUT2D eigenvalue weighted by Gasteiger charge is 2.28. The fourth-order valence-electron chi connectivity index (χ4n) is 2.64. The van der Waals surface area contributed by atoms with Crippen molar-refractivity contribution in [2.75, 3.05) is 26.2 Å². The molecular weight excluding hydrogens is 222 g/mol. The number of para-hydroxylation sites is 1. The van der Waals surface area contributed by atoms with Crippen LogP contribution in [0.1, 0.15) is 17.9 Å². The Kier molecular flexibility index (Phi) is 2.78. The zero-order valence-electron chi connectivity index (χ0n) is 9.23. The van der Waals surface area contributed by atoms with Crippen molar-refractivity contribution in [3.05, 3.63) is 29.8 Å². The van der Waals surface area contributed by atoms with Crippen LogP contribution in [-0.4, -0.2) is 36.5 Å². The second-order valence-corrected chi connectivity index (χ2v) is 5.31. The lowest BCUT2D eigenvalue weighted by molar-refractivity contribution is 0.268. The zero-order valence-corrected chi connectivity index (χ0v) is 9.99. The Balaban J connectivity index is 1.69. The quantitative estimate of drug-likeness (QED) is 0.733. The lowest BCUT2D eigenvalue weighted by Crippen LogP contribution is -2.27. The second-order valence-electron chi connectivity index (χ2n) is 4.69. The average molecular weight is 238 g/mol. The number of benzene rings is 1. The molecule has 2 aliphatic heterocycles. The van der Waals surface area contributed by atoms with Crippen LogP contribution in [0.3, 0.4) is 0 Å². The van der Waals surface area contributed by atoms with Gasteiger partial charge in [-0.1, -0.05) is 18.2 Å². The van der Waals surface area contributed by atoms with Crippen molar-refractivity contribution < 1.29 is 4.74 Å². The predicted octanol–water partition coefficient (Wildman–Crippen LogP) is 2.48. The molecule has 0 saturated carbocycles. The van der Waals surface area contributed by atoms with Gasteiger partial charge in [0.25, 0.3) is 0 Å². The van der Waals surface area contributed by atoms with Crippen LogP contribution in [0, 0.1) is 0 Å². The van der Waals surface area contributed by atoms with Crippen LogP contribution in [0.25, 0.3) is 0 Å². The Morgan fingerprint density at radius 3 is 3.06 bits per heavy atom. The minimum atomic E-state index is 0.345. The molecule has 3 heteroatoms. The maximum atomic E-state index is 6.12. The fourth-order valence-corrected chi connectivity index (χ4v) is 2.94. The molecular formula is C13H16ClNO. The Morgan fingerprint density at radius 1 is 1.38 bits per heavy atom. The van der Waals surface area contributed by atoms with Crippen LogP contribution < -0.4 is 4.74 Å². The van der Waals surface area contributed by atoms with Gasteiger partial charge in [0, 0.05) is 29.9 Å². The first kappa shape index (κ1) is 10.4. The van der Waals surface area contributed by atoms with Gasteiger partial charge >= 0.3 is 0 Å². The van der Waals surface area contributed by atoms with E-state index in [0.717, 1.165) is 38.4 Å². The molecule has 1 fully saturated rings. The first-order valence-corrected chi connectivity index (χ1v) is 6.35. The number of ether oxygens (including phenoxy) is 1. The monoisotopic (exact) mass is 237 g/mol. The highest BCUT2D eigenvalue weighted by molar-refractivity contribution is 6.20. The minimum Gasteiger partial charge on any atom is -0.493 e. The van der Waals surface area contributed by atoms with Crippen molar-refractivity contribution in [2.24, 2.45) is 0 Å². The molecule has 2 heterocycles. The van der Waals surface area contributed by atoms with Crippen LogP contribution in [0.4, 0.5) is 0 Å². The van der Waals surface area contributed by atoms with E-state index in [9.17, 15) is 0 Å². The molecule has 0 radical (unpaired) electrons. The van der Waals surface area contributed by atoms with Crippen molar-refractivity contribution in [1.29, 1.82) is 0 Å². The van der Waals surface area contributed by atoms with E-state index >= 15 is 0 Å². The van der Waals surface area contributed by atoms with Crippen molar-refractivity contribution in [2.45, 2.75) is 17.7 Å². The maximum absolute atomic E-state index is 6.12. The van der Waals surface area contributed by atoms with Crippen molar-refractivity contribution >= 4 is 11.6 Å². The van der Waals surface area contributed by atoms with E-state index in [-0.39, 0.29) is 0 Å². The van der Waals surface area contributed by atoms with Gasteiger partial charge in [-0.2, -0.15) is 0 Å². The number of rotatable bonds is 2. The summed E-state index contributed by atoms with van der Waals surface area (Å²) < 4.78 is 5.69. The smallest absolute Gasteiger partial charge is 0.122 e. The van der Waals surface area contributed by atoms with E-state index < -0.39 is 0 Å². The minimum absolute atomic E-state index is 0.345. The number of fused-ring (bicyclic) bond motifs is 1. The molecule has 2 aliphatic rings. The highest BCUT2D eigenvalue weighted by Crippen LogP contribution is 2.34. The van der Waals surface area contributed by atoms with Crippen LogP contribution in [0.2, 0.25) is 0 Å². The molecule has 2 nitrogen and oxygen atoms in total. The number of hydrogen-bond donors (Lipinski definition) is 0. The molecule has 0 N–H and O–H groups in total. The van der Waals surface area contributed by atoms with Gasteiger partial charge in [-0.05, 0) is 19.0 Å². The summed E-state index contributed by atoms with van der Waals surface area (Å²) in [6.07, 6.45) is 1.12. The molecule has 1 saturated heterocycles. The second kappa shape index (κ2) is 4.27. The summed E-state index contributed by atoms with van der Waals surface area (Å²) in [7, 11) is 0. The summed E-state index contributed by atoms with van der Waals surface area (Å²) in [5.74, 6) is 1.59. The van der Waals surface area contributed by atoms with Gasteiger partial charge in [0.2, 0.25) is 0 Å². The molecule has 0 amide bonds. The molecule has 0 spiro atoms. The Labute approximate surface area is 101 Å². The molecule has 1 aromatic rings. The molecule has 16 heavy (non-hydrogen) atoms. The van der Waals surface area contributed by atoms with Gasteiger partial charge in [-0.3, -0.25) is 0 Å². The van der Waals surface area contributed by atoms with Gasteiger partial charge in [-0.15, -0.1) is 11.6 Å². The van der Waals surface area contributed by atoms with Crippen molar-refractivity contribution in [1.82, 2.24) is 4.90 Å². The lowest BCUT2D eigenvalue weighted by Gasteiger charge is -2.18. The summed E-state index contributed by atoms with van der Waals surface area (Å²) in [5, 5.41) is 0.345. The van der Waals surface area contributed by atoms with Crippen LogP contribution in [0.15, 0.2) is 24.3 Å². The van der Waals surface area contributed by atoms with Gasteiger partial charge in [0.05, 0.1) is 6.61 Å². The van der Waals surface area contributed by atoms with Crippen LogP contribution in [0.5, 0.6) is 5.75 Å². The molecule has 0 bridgehead atoms. The first-order chi connectivity index (χ1) is 7.83. The van der Waals surface area contributed by atoms with E-state index in [1.54, 1.807) is 0 Å². The zero-order chi connectivity index (χ0) is 11.0. The van der Waals surface area contributed by atoms with E-state index in [4.69, 9.17) is 16.3 Å². The summed E-state index contributed by atoms with van der Waals surface area (Å²) in [6, 6.07) is 8.37. The topological polar surface area (TPSA) is 12.5 Å². The number of nitrogens with zero attached hydrogens (tertiary/aromatic N) is 1. The summed E-state index contributed by atoms with van der Waals surface area (Å²) in [4.78, 5) is 2.45. The normalized spacial score (nSPS) is 29.1. The van der Waals surface area contributed by atoms with E-state index in [0.29, 0.717) is 11.3 Å². The van der Waals surface area contributed by atoms with Crippen LogP contribution >= 0.6 is 11.6 Å². The van der Waals surface area contributed by atoms with Crippen molar-refractivity contribution in [3.8, 4) is 5.75 Å². The number of halogens is 1. The number of likely N-dealkylation sites (tertiary alicyclic amines) is 1. The standard InChI is InChI=1S/C13H16ClNO/c14-11-5-6-15(8-11)7-10-9-16-13-4-2-1-3-12(10)13/h1-4,10-11H,5-9H2. The number of alkyl halides is 1. The van der Waals surface area contributed by atoms with Crippen LogP contribution in [-0.2, 0) is 0 Å². The molecule has 2 unspecified atom stereocenters. The Bertz CT molecular complexity index is 382. The lowest BCUT2D eigenvalue weighted by atomic mass is 10.0. The maximum Gasteiger partial charge on any atom is 0.122 e. The summed E-state index contributed by atoms with van der Waals surface area (Å²) >= 11 is 6.12. The average Bonchev–Trinajstić information content (AvgIpc) is 2.87. The molecule has 0 aliphatic carbocycles. The first-order valence-electron chi connectivity index (χ1n) is 5.91. The largest absolute Gasteiger partial charge is 0.493 e. The van der Waals surface area contributed by atoms with Gasteiger partial charge in [0.15, 0.2) is 0 Å². The molecule has 0 aromatic heterocycles. The third kappa shape index (κ3) is 1.92. The van der Waals surface area contributed by atoms with Gasteiger partial charge in [0.1, 0.15) is 5.75 Å². The predicted molar refractivity (Wildman–Crippen MR) is 65.4 cm³/mol. The fraction of sp³-hybridized carbons (Fsp3) is 0.538. The third-order valence-corrected chi connectivity index (χ3v) is 3.85. The highest BCUT2D eigenvalue weighted by atomic mass is 35.5. The van der Waals surface area contributed by atoms with E-state index in [2.05, 4.69) is 23.1 Å². The Hall–Kier alpha value is -0.730. The third-order valence-electron chi connectivity index (χ3n) is 3.49. The van der Waals surface area contributed by atoms with E-state index in [1.807, 2.05) is 6.07 Å². The molecule has 1 aromatic carbocycles. The van der Waals surface area contributed by atoms with Gasteiger partial charge < -0.3 is 9.64 Å². The van der Waals surface area contributed by atoms with Gasteiger partial charge in [-0.25, -0.2) is 0 Å². The summed E-state index contributed by atoms with van der Waals surface area (Å²) in [6.45, 7) is 4.07. The molecule has 2 atom stereocenters. The SMILES string of the molecule is ClC1CCN(CC2COc3ccccc32)C1. The number of hydrogen-bond acceptors (Lipinski definition) is 2. The van der Waals surface area contributed by atoms with E-state index in [1.165, 1.54) is 5.56 Å². The van der Waals surface area contributed by atoms with Crippen molar-refractivity contribution in [3.63, 3.8) is 0 Å². The molecule has 86 valence electrons. The summed E-state index contributed by atoms with van der Waals surface area (Å²) in [5.41, 5.74) is 1.36. The molecule has 3 rings (SSSR count).